The van der Waals surface area contributed by atoms with Crippen molar-refractivity contribution in [1.29, 1.82) is 0 Å². The number of benzene rings is 3. The van der Waals surface area contributed by atoms with Crippen molar-refractivity contribution in [3.63, 3.8) is 0 Å². The van der Waals surface area contributed by atoms with Gasteiger partial charge >= 0.3 is 5.97 Å². The number of ether oxygens (including phenoxy) is 2. The summed E-state index contributed by atoms with van der Waals surface area (Å²) in [6.45, 7) is 0. The highest BCUT2D eigenvalue weighted by molar-refractivity contribution is 6.30. The molecule has 4 rings (SSSR count). The van der Waals surface area contributed by atoms with Crippen LogP contribution in [0.15, 0.2) is 72.5 Å². The molecule has 1 aliphatic rings. The van der Waals surface area contributed by atoms with Crippen LogP contribution < -0.4 is 9.47 Å². The Morgan fingerprint density at radius 2 is 1.82 bits per heavy atom. The molecule has 1 heterocycles. The number of esters is 1. The van der Waals surface area contributed by atoms with Crippen molar-refractivity contribution in [1.82, 2.24) is 0 Å². The minimum absolute atomic E-state index is 0.152. The molecule has 138 valence electrons. The Bertz CT molecular complexity index is 1120. The van der Waals surface area contributed by atoms with Crippen LogP contribution >= 0.6 is 11.6 Å². The van der Waals surface area contributed by atoms with E-state index in [0.29, 0.717) is 16.3 Å². The van der Waals surface area contributed by atoms with Gasteiger partial charge in [0.05, 0.1) is 11.1 Å². The third kappa shape index (κ3) is 3.66. The van der Waals surface area contributed by atoms with Crippen molar-refractivity contribution in [2.24, 2.45) is 0 Å². The molecule has 0 atom stereocenters. The van der Waals surface area contributed by atoms with Gasteiger partial charge in [0.1, 0.15) is 17.3 Å². The Labute approximate surface area is 164 Å². The van der Waals surface area contributed by atoms with Crippen molar-refractivity contribution >= 4 is 29.4 Å². The SMILES string of the molecule is O=C(Oc1ccc2c(c1)O/C(=C\c1cccc(Cl)c1)C2=O)c1ccc(F)cc1. The summed E-state index contributed by atoms with van der Waals surface area (Å²) in [5.74, 6) is -0.697. The fourth-order valence-corrected chi connectivity index (χ4v) is 2.93. The second kappa shape index (κ2) is 7.29. The molecule has 6 heteroatoms. The van der Waals surface area contributed by atoms with E-state index >= 15 is 0 Å². The van der Waals surface area contributed by atoms with Gasteiger partial charge in [-0.3, -0.25) is 4.79 Å². The van der Waals surface area contributed by atoms with Crippen molar-refractivity contribution < 1.29 is 23.5 Å². The maximum Gasteiger partial charge on any atom is 0.343 e. The van der Waals surface area contributed by atoms with E-state index in [4.69, 9.17) is 21.1 Å². The van der Waals surface area contributed by atoms with Crippen LogP contribution in [0.25, 0.3) is 6.08 Å². The molecule has 0 unspecified atom stereocenters. The summed E-state index contributed by atoms with van der Waals surface area (Å²) in [6.07, 6.45) is 1.60. The van der Waals surface area contributed by atoms with E-state index in [1.807, 2.05) is 0 Å². The van der Waals surface area contributed by atoms with Crippen LogP contribution in [0.5, 0.6) is 11.5 Å². The van der Waals surface area contributed by atoms with Gasteiger partial charge in [0.15, 0.2) is 5.76 Å². The van der Waals surface area contributed by atoms with Gasteiger partial charge < -0.3 is 9.47 Å². The van der Waals surface area contributed by atoms with Gasteiger partial charge in [-0.05, 0) is 60.2 Å². The topological polar surface area (TPSA) is 52.6 Å². The average molecular weight is 395 g/mol. The minimum atomic E-state index is -0.640. The van der Waals surface area contributed by atoms with E-state index in [1.165, 1.54) is 42.5 Å². The van der Waals surface area contributed by atoms with Crippen LogP contribution in [0.2, 0.25) is 5.02 Å². The zero-order chi connectivity index (χ0) is 19.7. The van der Waals surface area contributed by atoms with Gasteiger partial charge in [-0.1, -0.05) is 23.7 Å². The Kier molecular flexibility index (Phi) is 4.67. The number of hydrogen-bond acceptors (Lipinski definition) is 4. The molecule has 0 amide bonds. The van der Waals surface area contributed by atoms with Crippen LogP contribution in [-0.4, -0.2) is 11.8 Å². The molecule has 4 nitrogen and oxygen atoms in total. The fourth-order valence-electron chi connectivity index (χ4n) is 2.73. The Morgan fingerprint density at radius 1 is 1.04 bits per heavy atom. The molecule has 0 saturated heterocycles. The maximum atomic E-state index is 13.0. The van der Waals surface area contributed by atoms with Crippen LogP contribution in [0.4, 0.5) is 4.39 Å². The highest BCUT2D eigenvalue weighted by atomic mass is 35.5. The maximum absolute atomic E-state index is 13.0. The third-order valence-electron chi connectivity index (χ3n) is 4.08. The standard InChI is InChI=1S/C22H12ClFO4/c23-15-3-1-2-13(10-15)11-20-21(25)18-9-8-17(12-19(18)28-20)27-22(26)14-4-6-16(24)7-5-14/h1-12H/b20-11-. The summed E-state index contributed by atoms with van der Waals surface area (Å²) in [7, 11) is 0. The lowest BCUT2D eigenvalue weighted by Gasteiger charge is -2.05. The van der Waals surface area contributed by atoms with Gasteiger partial charge in [0, 0.05) is 11.1 Å². The largest absolute Gasteiger partial charge is 0.452 e. The van der Waals surface area contributed by atoms with Crippen molar-refractivity contribution in [3.8, 4) is 11.5 Å². The minimum Gasteiger partial charge on any atom is -0.452 e. The Hall–Kier alpha value is -3.44. The Balaban J connectivity index is 1.55. The number of rotatable bonds is 3. The lowest BCUT2D eigenvalue weighted by molar-refractivity contribution is 0.0734. The first-order chi connectivity index (χ1) is 13.5. The molecule has 3 aromatic carbocycles. The van der Waals surface area contributed by atoms with E-state index in [-0.39, 0.29) is 22.9 Å². The zero-order valence-corrected chi connectivity index (χ0v) is 15.1. The summed E-state index contributed by atoms with van der Waals surface area (Å²) in [4.78, 5) is 24.7. The first-order valence-electron chi connectivity index (χ1n) is 8.31. The molecule has 0 aromatic heterocycles. The molecule has 0 aliphatic carbocycles. The molecule has 1 aliphatic heterocycles. The van der Waals surface area contributed by atoms with Crippen molar-refractivity contribution in [2.75, 3.05) is 0 Å². The highest BCUT2D eigenvalue weighted by Crippen LogP contribution is 2.35. The van der Waals surface area contributed by atoms with Gasteiger partial charge in [-0.2, -0.15) is 0 Å². The average Bonchev–Trinajstić information content (AvgIpc) is 2.97. The van der Waals surface area contributed by atoms with Gasteiger partial charge in [-0.15, -0.1) is 0 Å². The summed E-state index contributed by atoms with van der Waals surface area (Å²) in [6, 6.07) is 16.5. The number of fused-ring (bicyclic) bond motifs is 1. The summed E-state index contributed by atoms with van der Waals surface area (Å²) in [5.41, 5.74) is 1.31. The molecule has 0 radical (unpaired) electrons. The van der Waals surface area contributed by atoms with Crippen LogP contribution in [0.3, 0.4) is 0 Å². The number of Topliss-reactive ketones (excluding diaryl/α,β-unsaturated/α-hetero) is 1. The summed E-state index contributed by atoms with van der Waals surface area (Å²) in [5, 5.41) is 0.548. The molecule has 28 heavy (non-hydrogen) atoms. The first-order valence-corrected chi connectivity index (χ1v) is 8.69. The zero-order valence-electron chi connectivity index (χ0n) is 14.3. The van der Waals surface area contributed by atoms with E-state index < -0.39 is 11.8 Å². The lowest BCUT2D eigenvalue weighted by atomic mass is 10.1. The summed E-state index contributed by atoms with van der Waals surface area (Å²) < 4.78 is 23.9. The first kappa shape index (κ1) is 17.9. The van der Waals surface area contributed by atoms with E-state index in [1.54, 1.807) is 30.3 Å². The number of allylic oxidation sites excluding steroid dienone is 1. The van der Waals surface area contributed by atoms with Crippen LogP contribution in [0.1, 0.15) is 26.3 Å². The van der Waals surface area contributed by atoms with Crippen molar-refractivity contribution in [3.05, 3.63) is 100 Å². The molecule has 0 bridgehead atoms. The predicted molar refractivity (Wildman–Crippen MR) is 102 cm³/mol. The predicted octanol–water partition coefficient (Wildman–Crippen LogP) is 5.31. The quantitative estimate of drug-likeness (QED) is 0.343. The van der Waals surface area contributed by atoms with Gasteiger partial charge in [-0.25, -0.2) is 9.18 Å². The number of halogens is 2. The number of carbonyl (C=O) groups is 2. The van der Waals surface area contributed by atoms with Crippen LogP contribution in [0, 0.1) is 5.82 Å². The van der Waals surface area contributed by atoms with Crippen LogP contribution in [-0.2, 0) is 0 Å². The van der Waals surface area contributed by atoms with E-state index in [9.17, 15) is 14.0 Å². The molecule has 0 saturated carbocycles. The molecule has 0 spiro atoms. The van der Waals surface area contributed by atoms with E-state index in [2.05, 4.69) is 0 Å². The molecule has 3 aromatic rings. The lowest BCUT2D eigenvalue weighted by Crippen LogP contribution is -2.08. The van der Waals surface area contributed by atoms with E-state index in [0.717, 1.165) is 5.56 Å². The normalized spacial score (nSPS) is 13.9. The monoisotopic (exact) mass is 394 g/mol. The molecule has 0 N–H and O–H groups in total. The third-order valence-corrected chi connectivity index (χ3v) is 4.31. The van der Waals surface area contributed by atoms with Crippen molar-refractivity contribution in [2.45, 2.75) is 0 Å². The smallest absolute Gasteiger partial charge is 0.343 e. The number of ketones is 1. The summed E-state index contributed by atoms with van der Waals surface area (Å²) >= 11 is 5.96. The van der Waals surface area contributed by atoms with Gasteiger partial charge in [0.2, 0.25) is 5.78 Å². The molecular weight excluding hydrogens is 383 g/mol. The molecule has 0 fully saturated rings. The van der Waals surface area contributed by atoms with Gasteiger partial charge in [0.25, 0.3) is 0 Å². The second-order valence-corrected chi connectivity index (χ2v) is 6.49. The second-order valence-electron chi connectivity index (χ2n) is 6.05. The highest BCUT2D eigenvalue weighted by Gasteiger charge is 2.28. The number of carbonyl (C=O) groups excluding carboxylic acids is 2. The number of hydrogen-bond donors (Lipinski definition) is 0. The Morgan fingerprint density at radius 3 is 2.57 bits per heavy atom. The molecular formula is C22H12ClFO4. The fraction of sp³-hybridized carbons (Fsp3) is 0.